The SMILES string of the molecule is Cc1oc(-c2ccc(C(F)(F)F)cc2)nc1CN1CCC[C@H]1c1nccs1. The number of rotatable bonds is 4. The van der Waals surface area contributed by atoms with E-state index in [4.69, 9.17) is 4.42 Å². The third-order valence-corrected chi connectivity index (χ3v) is 5.68. The van der Waals surface area contributed by atoms with Crippen molar-refractivity contribution in [2.75, 3.05) is 6.54 Å². The van der Waals surface area contributed by atoms with Gasteiger partial charge in [-0.05, 0) is 50.6 Å². The maximum Gasteiger partial charge on any atom is 0.416 e. The smallest absolute Gasteiger partial charge is 0.416 e. The molecule has 1 atom stereocenters. The molecule has 1 saturated heterocycles. The van der Waals surface area contributed by atoms with E-state index in [1.807, 2.05) is 18.5 Å². The molecule has 142 valence electrons. The number of hydrogen-bond acceptors (Lipinski definition) is 5. The summed E-state index contributed by atoms with van der Waals surface area (Å²) in [5.41, 5.74) is 0.668. The third-order valence-electron chi connectivity index (χ3n) is 4.80. The minimum atomic E-state index is -4.35. The van der Waals surface area contributed by atoms with Crippen LogP contribution in [-0.4, -0.2) is 21.4 Å². The average Bonchev–Trinajstić information content (AvgIpc) is 3.36. The van der Waals surface area contributed by atoms with Crippen LogP contribution in [0.25, 0.3) is 11.5 Å². The number of halogens is 3. The number of hydrogen-bond donors (Lipinski definition) is 0. The molecular weight excluding hydrogens is 375 g/mol. The number of nitrogens with zero attached hydrogens (tertiary/aromatic N) is 3. The lowest BCUT2D eigenvalue weighted by Crippen LogP contribution is -2.23. The number of alkyl halides is 3. The van der Waals surface area contributed by atoms with E-state index in [2.05, 4.69) is 14.9 Å². The van der Waals surface area contributed by atoms with Crippen molar-refractivity contribution in [2.24, 2.45) is 0 Å². The van der Waals surface area contributed by atoms with E-state index in [1.54, 1.807) is 11.3 Å². The van der Waals surface area contributed by atoms with Crippen LogP contribution in [0.2, 0.25) is 0 Å². The average molecular weight is 393 g/mol. The molecule has 0 radical (unpaired) electrons. The van der Waals surface area contributed by atoms with Crippen LogP contribution < -0.4 is 0 Å². The lowest BCUT2D eigenvalue weighted by Gasteiger charge is -2.21. The van der Waals surface area contributed by atoms with Gasteiger partial charge in [-0.1, -0.05) is 0 Å². The maximum absolute atomic E-state index is 12.7. The highest BCUT2D eigenvalue weighted by molar-refractivity contribution is 7.09. The van der Waals surface area contributed by atoms with Gasteiger partial charge in [-0.3, -0.25) is 4.90 Å². The van der Waals surface area contributed by atoms with Gasteiger partial charge in [0.05, 0.1) is 17.3 Å². The summed E-state index contributed by atoms with van der Waals surface area (Å²) >= 11 is 1.66. The molecule has 27 heavy (non-hydrogen) atoms. The van der Waals surface area contributed by atoms with E-state index in [-0.39, 0.29) is 6.04 Å². The van der Waals surface area contributed by atoms with Gasteiger partial charge in [0.2, 0.25) is 5.89 Å². The van der Waals surface area contributed by atoms with Crippen LogP contribution in [0.15, 0.2) is 40.3 Å². The second-order valence-electron chi connectivity index (χ2n) is 6.60. The van der Waals surface area contributed by atoms with E-state index in [1.165, 1.54) is 12.1 Å². The third kappa shape index (κ3) is 3.77. The van der Waals surface area contributed by atoms with Crippen molar-refractivity contribution in [1.29, 1.82) is 0 Å². The second-order valence-corrected chi connectivity index (χ2v) is 7.52. The van der Waals surface area contributed by atoms with Crippen molar-refractivity contribution in [3.8, 4) is 11.5 Å². The normalized spacial score (nSPS) is 18.3. The van der Waals surface area contributed by atoms with E-state index in [0.29, 0.717) is 23.8 Å². The monoisotopic (exact) mass is 393 g/mol. The highest BCUT2D eigenvalue weighted by Gasteiger charge is 2.31. The molecule has 4 nitrogen and oxygen atoms in total. The van der Waals surface area contributed by atoms with Gasteiger partial charge in [-0.2, -0.15) is 13.2 Å². The van der Waals surface area contributed by atoms with E-state index in [9.17, 15) is 13.2 Å². The predicted octanol–water partition coefficient (Wildman–Crippen LogP) is 5.46. The number of thiazole rings is 1. The zero-order valence-electron chi connectivity index (χ0n) is 14.7. The van der Waals surface area contributed by atoms with Gasteiger partial charge >= 0.3 is 6.18 Å². The predicted molar refractivity (Wildman–Crippen MR) is 96.2 cm³/mol. The molecule has 0 bridgehead atoms. The molecule has 0 aliphatic carbocycles. The Balaban J connectivity index is 1.53. The fourth-order valence-electron chi connectivity index (χ4n) is 3.39. The molecule has 8 heteroatoms. The number of likely N-dealkylation sites (tertiary alicyclic amines) is 1. The van der Waals surface area contributed by atoms with Crippen molar-refractivity contribution in [3.05, 3.63) is 57.9 Å². The summed E-state index contributed by atoms with van der Waals surface area (Å²) in [5, 5.41) is 3.09. The van der Waals surface area contributed by atoms with Gasteiger partial charge in [-0.15, -0.1) is 11.3 Å². The van der Waals surface area contributed by atoms with Crippen molar-refractivity contribution in [1.82, 2.24) is 14.9 Å². The highest BCUT2D eigenvalue weighted by Crippen LogP contribution is 2.35. The first-order valence-corrected chi connectivity index (χ1v) is 9.57. The van der Waals surface area contributed by atoms with Crippen LogP contribution in [-0.2, 0) is 12.7 Å². The first-order chi connectivity index (χ1) is 12.9. The Morgan fingerprint density at radius 1 is 1.26 bits per heavy atom. The Bertz CT molecular complexity index is 903. The molecule has 0 saturated carbocycles. The van der Waals surface area contributed by atoms with Crippen LogP contribution >= 0.6 is 11.3 Å². The summed E-state index contributed by atoms with van der Waals surface area (Å²) in [6.07, 6.45) is -0.361. The fourth-order valence-corrected chi connectivity index (χ4v) is 4.19. The van der Waals surface area contributed by atoms with Crippen LogP contribution in [0, 0.1) is 6.92 Å². The maximum atomic E-state index is 12.7. The minimum Gasteiger partial charge on any atom is -0.441 e. The first-order valence-electron chi connectivity index (χ1n) is 8.69. The summed E-state index contributed by atoms with van der Waals surface area (Å²) in [4.78, 5) is 11.3. The Hall–Kier alpha value is -2.19. The molecule has 3 heterocycles. The topological polar surface area (TPSA) is 42.2 Å². The lowest BCUT2D eigenvalue weighted by molar-refractivity contribution is -0.137. The molecule has 1 aromatic carbocycles. The highest BCUT2D eigenvalue weighted by atomic mass is 32.1. The van der Waals surface area contributed by atoms with E-state index < -0.39 is 11.7 Å². The molecule has 1 aliphatic rings. The summed E-state index contributed by atoms with van der Waals surface area (Å²) < 4.78 is 43.9. The van der Waals surface area contributed by atoms with Gasteiger partial charge in [0.25, 0.3) is 0 Å². The van der Waals surface area contributed by atoms with Gasteiger partial charge in [-0.25, -0.2) is 9.97 Å². The van der Waals surface area contributed by atoms with Gasteiger partial charge in [0.15, 0.2) is 0 Å². The van der Waals surface area contributed by atoms with E-state index in [0.717, 1.165) is 42.2 Å². The lowest BCUT2D eigenvalue weighted by atomic mass is 10.1. The number of aromatic nitrogens is 2. The Labute approximate surface area is 158 Å². The summed E-state index contributed by atoms with van der Waals surface area (Å²) in [7, 11) is 0. The van der Waals surface area contributed by atoms with Crippen molar-refractivity contribution in [3.63, 3.8) is 0 Å². The summed E-state index contributed by atoms with van der Waals surface area (Å²) in [6.45, 7) is 3.44. The van der Waals surface area contributed by atoms with Gasteiger partial charge in [0, 0.05) is 23.7 Å². The summed E-state index contributed by atoms with van der Waals surface area (Å²) in [5.74, 6) is 1.04. The molecule has 0 amide bonds. The second kappa shape index (κ2) is 7.09. The van der Waals surface area contributed by atoms with Crippen LogP contribution in [0.4, 0.5) is 13.2 Å². The Morgan fingerprint density at radius 3 is 2.70 bits per heavy atom. The number of aryl methyl sites for hydroxylation is 1. The zero-order valence-corrected chi connectivity index (χ0v) is 15.5. The largest absolute Gasteiger partial charge is 0.441 e. The fraction of sp³-hybridized carbons (Fsp3) is 0.368. The molecule has 2 aromatic heterocycles. The molecule has 1 aliphatic heterocycles. The van der Waals surface area contributed by atoms with Crippen molar-refractivity contribution >= 4 is 11.3 Å². The Morgan fingerprint density at radius 2 is 2.04 bits per heavy atom. The Kier molecular flexibility index (Phi) is 4.77. The van der Waals surface area contributed by atoms with Crippen molar-refractivity contribution in [2.45, 2.75) is 38.5 Å². The van der Waals surface area contributed by atoms with Gasteiger partial charge in [0.1, 0.15) is 10.8 Å². The molecule has 3 aromatic rings. The zero-order chi connectivity index (χ0) is 19.0. The summed E-state index contributed by atoms with van der Waals surface area (Å²) in [6, 6.07) is 5.18. The molecular formula is C19H18F3N3OS. The quantitative estimate of drug-likeness (QED) is 0.590. The van der Waals surface area contributed by atoms with Crippen molar-refractivity contribution < 1.29 is 17.6 Å². The van der Waals surface area contributed by atoms with Crippen LogP contribution in [0.1, 0.15) is 40.9 Å². The van der Waals surface area contributed by atoms with Crippen LogP contribution in [0.3, 0.4) is 0 Å². The van der Waals surface area contributed by atoms with Crippen LogP contribution in [0.5, 0.6) is 0 Å². The molecule has 4 rings (SSSR count). The number of benzene rings is 1. The molecule has 0 N–H and O–H groups in total. The minimum absolute atomic E-state index is 0.288. The van der Waals surface area contributed by atoms with Gasteiger partial charge < -0.3 is 4.42 Å². The molecule has 0 spiro atoms. The first kappa shape index (κ1) is 18.2. The molecule has 0 unspecified atom stereocenters. The molecule has 1 fully saturated rings. The number of oxazole rings is 1. The van der Waals surface area contributed by atoms with E-state index >= 15 is 0 Å². The standard InChI is InChI=1S/C19H18F3N3OS/c1-12-15(11-25-9-2-3-16(25)18-23-8-10-27-18)24-17(26-12)13-4-6-14(7-5-13)19(20,21)22/h4-8,10,16H,2-3,9,11H2,1H3/t16-/m0/s1.